The van der Waals surface area contributed by atoms with Crippen LogP contribution in [0.1, 0.15) is 33.3 Å². The predicted octanol–water partition coefficient (Wildman–Crippen LogP) is 4.70. The third kappa shape index (κ3) is 6.94. The van der Waals surface area contributed by atoms with Crippen molar-refractivity contribution in [1.29, 1.82) is 0 Å². The van der Waals surface area contributed by atoms with Crippen molar-refractivity contribution in [2.75, 3.05) is 6.61 Å². The molecule has 0 fully saturated rings. The predicted molar refractivity (Wildman–Crippen MR) is 116 cm³/mol. The van der Waals surface area contributed by atoms with Crippen LogP contribution in [0.5, 0.6) is 5.75 Å². The molecular weight excluding hydrogens is 411 g/mol. The van der Waals surface area contributed by atoms with Gasteiger partial charge in [0.2, 0.25) is 5.91 Å². The molecule has 2 rings (SSSR count). The SMILES string of the molecule is CC(C(=O)NC(C)(C)C)N(Cc1ccccc1Cl)C(=O)COc1ccccc1Cl. The smallest absolute Gasteiger partial charge is 0.261 e. The molecule has 1 atom stereocenters. The molecule has 2 amide bonds. The van der Waals surface area contributed by atoms with Gasteiger partial charge in [-0.3, -0.25) is 9.59 Å². The first-order chi connectivity index (χ1) is 13.6. The fourth-order valence-electron chi connectivity index (χ4n) is 2.65. The summed E-state index contributed by atoms with van der Waals surface area (Å²) in [7, 11) is 0. The van der Waals surface area contributed by atoms with E-state index in [0.29, 0.717) is 15.8 Å². The van der Waals surface area contributed by atoms with Crippen molar-refractivity contribution < 1.29 is 14.3 Å². The molecule has 29 heavy (non-hydrogen) atoms. The minimum Gasteiger partial charge on any atom is -0.482 e. The standard InChI is InChI=1S/C22H26Cl2N2O3/c1-15(21(28)25-22(2,3)4)26(13-16-9-5-6-10-17(16)23)20(27)14-29-19-12-8-7-11-18(19)24/h5-12,15H,13-14H2,1-4H3,(H,25,28). The Morgan fingerprint density at radius 2 is 1.62 bits per heavy atom. The number of carbonyl (C=O) groups excluding carboxylic acids is 2. The maximum absolute atomic E-state index is 13.0. The van der Waals surface area contributed by atoms with Crippen LogP contribution in [0, 0.1) is 0 Å². The average molecular weight is 437 g/mol. The summed E-state index contributed by atoms with van der Waals surface area (Å²) < 4.78 is 5.59. The van der Waals surface area contributed by atoms with Crippen LogP contribution in [0.3, 0.4) is 0 Å². The molecule has 0 spiro atoms. The molecule has 0 aromatic heterocycles. The summed E-state index contributed by atoms with van der Waals surface area (Å²) in [4.78, 5) is 27.2. The van der Waals surface area contributed by atoms with E-state index in [1.165, 1.54) is 4.90 Å². The van der Waals surface area contributed by atoms with Gasteiger partial charge in [-0.2, -0.15) is 0 Å². The second kappa shape index (κ2) is 9.99. The Morgan fingerprint density at radius 3 is 2.21 bits per heavy atom. The number of halogens is 2. The first-order valence-corrected chi connectivity index (χ1v) is 10.1. The number of carbonyl (C=O) groups is 2. The summed E-state index contributed by atoms with van der Waals surface area (Å²) in [5, 5.41) is 3.85. The first kappa shape index (κ1) is 23.0. The highest BCUT2D eigenvalue weighted by atomic mass is 35.5. The van der Waals surface area contributed by atoms with E-state index in [9.17, 15) is 9.59 Å². The van der Waals surface area contributed by atoms with Gasteiger partial charge in [-0.25, -0.2) is 0 Å². The molecular formula is C22H26Cl2N2O3. The number of benzene rings is 2. The van der Waals surface area contributed by atoms with Gasteiger partial charge < -0.3 is 15.0 Å². The van der Waals surface area contributed by atoms with Crippen LogP contribution >= 0.6 is 23.2 Å². The summed E-state index contributed by atoms with van der Waals surface area (Å²) in [5.74, 6) is -0.191. The number of hydrogen-bond acceptors (Lipinski definition) is 3. The van der Waals surface area contributed by atoms with E-state index in [1.54, 1.807) is 37.3 Å². The number of ether oxygens (including phenoxy) is 1. The van der Waals surface area contributed by atoms with Crippen molar-refractivity contribution in [3.8, 4) is 5.75 Å². The van der Waals surface area contributed by atoms with E-state index < -0.39 is 11.6 Å². The van der Waals surface area contributed by atoms with Gasteiger partial charge in [0.1, 0.15) is 11.8 Å². The number of para-hydroxylation sites is 1. The molecule has 2 aromatic carbocycles. The lowest BCUT2D eigenvalue weighted by Gasteiger charge is -2.31. The van der Waals surface area contributed by atoms with E-state index in [2.05, 4.69) is 5.32 Å². The molecule has 0 aliphatic carbocycles. The van der Waals surface area contributed by atoms with Gasteiger partial charge in [0.15, 0.2) is 6.61 Å². The minimum absolute atomic E-state index is 0.184. The Bertz CT molecular complexity index is 865. The zero-order valence-electron chi connectivity index (χ0n) is 17.0. The summed E-state index contributed by atoms with van der Waals surface area (Å²) in [6.45, 7) is 7.28. The second-order valence-electron chi connectivity index (χ2n) is 7.75. The van der Waals surface area contributed by atoms with Crippen molar-refractivity contribution in [3.05, 3.63) is 64.1 Å². The molecule has 0 radical (unpaired) electrons. The number of amides is 2. The largest absolute Gasteiger partial charge is 0.482 e. The van der Waals surface area contributed by atoms with Crippen LogP contribution in [-0.4, -0.2) is 34.9 Å². The molecule has 0 aliphatic heterocycles. The molecule has 7 heteroatoms. The summed E-state index contributed by atoms with van der Waals surface area (Å²) in [5.41, 5.74) is 0.328. The Kier molecular flexibility index (Phi) is 7.94. The Balaban J connectivity index is 2.20. The Labute approximate surface area is 181 Å². The van der Waals surface area contributed by atoms with E-state index in [0.717, 1.165) is 5.56 Å². The van der Waals surface area contributed by atoms with Crippen LogP contribution in [0.25, 0.3) is 0 Å². The van der Waals surface area contributed by atoms with Gasteiger partial charge in [-0.1, -0.05) is 53.5 Å². The van der Waals surface area contributed by atoms with E-state index in [4.69, 9.17) is 27.9 Å². The van der Waals surface area contributed by atoms with Crippen molar-refractivity contribution >= 4 is 35.0 Å². The summed E-state index contributed by atoms with van der Waals surface area (Å²) in [6, 6.07) is 13.4. The molecule has 0 saturated heterocycles. The molecule has 0 heterocycles. The average Bonchev–Trinajstić information content (AvgIpc) is 2.64. The highest BCUT2D eigenvalue weighted by molar-refractivity contribution is 6.32. The van der Waals surface area contributed by atoms with Gasteiger partial charge >= 0.3 is 0 Å². The first-order valence-electron chi connectivity index (χ1n) is 9.30. The maximum Gasteiger partial charge on any atom is 0.261 e. The second-order valence-corrected chi connectivity index (χ2v) is 8.56. The van der Waals surface area contributed by atoms with Gasteiger partial charge in [-0.15, -0.1) is 0 Å². The zero-order valence-corrected chi connectivity index (χ0v) is 18.6. The van der Waals surface area contributed by atoms with Crippen molar-refractivity contribution in [2.45, 2.75) is 45.8 Å². The van der Waals surface area contributed by atoms with Crippen LogP contribution in [0.2, 0.25) is 10.0 Å². The van der Waals surface area contributed by atoms with E-state index in [-0.39, 0.29) is 25.0 Å². The molecule has 156 valence electrons. The molecule has 0 bridgehead atoms. The van der Waals surface area contributed by atoms with Gasteiger partial charge in [-0.05, 0) is 51.5 Å². The molecule has 0 aliphatic rings. The monoisotopic (exact) mass is 436 g/mol. The van der Waals surface area contributed by atoms with E-state index >= 15 is 0 Å². The van der Waals surface area contributed by atoms with Crippen LogP contribution in [0.4, 0.5) is 0 Å². The van der Waals surface area contributed by atoms with Gasteiger partial charge in [0.05, 0.1) is 5.02 Å². The Morgan fingerprint density at radius 1 is 1.03 bits per heavy atom. The third-order valence-corrected chi connectivity index (χ3v) is 4.83. The van der Waals surface area contributed by atoms with Crippen LogP contribution < -0.4 is 10.1 Å². The van der Waals surface area contributed by atoms with Crippen LogP contribution in [-0.2, 0) is 16.1 Å². The fourth-order valence-corrected chi connectivity index (χ4v) is 3.04. The molecule has 1 N–H and O–H groups in total. The summed E-state index contributed by atoms with van der Waals surface area (Å²) >= 11 is 12.4. The highest BCUT2D eigenvalue weighted by Gasteiger charge is 2.29. The fraction of sp³-hybridized carbons (Fsp3) is 0.364. The molecule has 0 saturated carbocycles. The van der Waals surface area contributed by atoms with Crippen molar-refractivity contribution in [1.82, 2.24) is 10.2 Å². The lowest BCUT2D eigenvalue weighted by Crippen LogP contribution is -2.53. The maximum atomic E-state index is 13.0. The third-order valence-electron chi connectivity index (χ3n) is 4.15. The minimum atomic E-state index is -0.715. The van der Waals surface area contributed by atoms with E-state index in [1.807, 2.05) is 39.0 Å². The van der Waals surface area contributed by atoms with Crippen molar-refractivity contribution in [3.63, 3.8) is 0 Å². The van der Waals surface area contributed by atoms with Crippen molar-refractivity contribution in [2.24, 2.45) is 0 Å². The molecule has 2 aromatic rings. The summed E-state index contributed by atoms with van der Waals surface area (Å²) in [6.07, 6.45) is 0. The lowest BCUT2D eigenvalue weighted by atomic mass is 10.1. The normalized spacial score (nSPS) is 12.2. The van der Waals surface area contributed by atoms with Gasteiger partial charge in [0, 0.05) is 17.1 Å². The highest BCUT2D eigenvalue weighted by Crippen LogP contribution is 2.24. The number of nitrogens with one attached hydrogen (secondary N) is 1. The lowest BCUT2D eigenvalue weighted by molar-refractivity contribution is -0.142. The zero-order chi connectivity index (χ0) is 21.6. The van der Waals surface area contributed by atoms with Gasteiger partial charge in [0.25, 0.3) is 5.91 Å². The molecule has 1 unspecified atom stereocenters. The van der Waals surface area contributed by atoms with Crippen LogP contribution in [0.15, 0.2) is 48.5 Å². The number of hydrogen-bond donors (Lipinski definition) is 1. The Hall–Kier alpha value is -2.24. The number of rotatable bonds is 7. The molecule has 5 nitrogen and oxygen atoms in total. The topological polar surface area (TPSA) is 58.6 Å². The number of nitrogens with zero attached hydrogens (tertiary/aromatic N) is 1. The quantitative estimate of drug-likeness (QED) is 0.683.